The van der Waals surface area contributed by atoms with Crippen molar-refractivity contribution in [2.45, 2.75) is 32.6 Å². The average molecular weight is 441 g/mol. The zero-order valence-corrected chi connectivity index (χ0v) is 19.0. The van der Waals surface area contributed by atoms with Gasteiger partial charge in [-0.25, -0.2) is 4.68 Å². The van der Waals surface area contributed by atoms with Crippen LogP contribution in [0.25, 0.3) is 5.69 Å². The van der Waals surface area contributed by atoms with Gasteiger partial charge in [-0.3, -0.25) is 4.79 Å². The fourth-order valence-electron chi connectivity index (χ4n) is 4.24. The minimum atomic E-state index is -0.144. The smallest absolute Gasteiger partial charge is 0.259 e. The maximum Gasteiger partial charge on any atom is 0.259 e. The Kier molecular flexibility index (Phi) is 7.36. The summed E-state index contributed by atoms with van der Waals surface area (Å²) in [7, 11) is 1.62. The minimum absolute atomic E-state index is 0. The summed E-state index contributed by atoms with van der Waals surface area (Å²) in [6.07, 6.45) is 3.67. The van der Waals surface area contributed by atoms with Gasteiger partial charge >= 0.3 is 0 Å². The molecule has 1 saturated heterocycles. The Morgan fingerprint density at radius 3 is 2.48 bits per heavy atom. The topological polar surface area (TPSA) is 68.2 Å². The van der Waals surface area contributed by atoms with Crippen LogP contribution in [0.15, 0.2) is 48.7 Å². The van der Waals surface area contributed by atoms with Crippen LogP contribution in [0.5, 0.6) is 5.75 Å². The maximum atomic E-state index is 13.3. The third-order valence-electron chi connectivity index (χ3n) is 5.76. The zero-order chi connectivity index (χ0) is 21.1. The molecule has 1 aliphatic heterocycles. The summed E-state index contributed by atoms with van der Waals surface area (Å²) in [5, 5.41) is 11.1. The first-order chi connectivity index (χ1) is 14.6. The van der Waals surface area contributed by atoms with Gasteiger partial charge in [0.15, 0.2) is 0 Å². The molecule has 4 rings (SSSR count). The molecule has 2 aromatic carbocycles. The number of rotatable bonds is 5. The molecule has 3 aromatic rings. The average Bonchev–Trinajstić information content (AvgIpc) is 3.19. The zero-order valence-electron chi connectivity index (χ0n) is 18.1. The van der Waals surface area contributed by atoms with Gasteiger partial charge in [-0.1, -0.05) is 24.3 Å². The number of ether oxygens (including phenoxy) is 1. The lowest BCUT2D eigenvalue weighted by atomic mass is 9.91. The van der Waals surface area contributed by atoms with Crippen molar-refractivity contribution >= 4 is 24.0 Å². The fourth-order valence-corrected chi connectivity index (χ4v) is 4.24. The van der Waals surface area contributed by atoms with Crippen molar-refractivity contribution in [3.8, 4) is 11.4 Å². The van der Waals surface area contributed by atoms with Crippen LogP contribution < -0.4 is 15.4 Å². The lowest BCUT2D eigenvalue weighted by Gasteiger charge is -2.25. The number of benzene rings is 2. The summed E-state index contributed by atoms with van der Waals surface area (Å²) < 4.78 is 7.26. The highest BCUT2D eigenvalue weighted by atomic mass is 35.5. The van der Waals surface area contributed by atoms with Gasteiger partial charge in [-0.2, -0.15) is 5.10 Å². The van der Waals surface area contributed by atoms with Gasteiger partial charge in [0.25, 0.3) is 5.91 Å². The van der Waals surface area contributed by atoms with E-state index < -0.39 is 0 Å². The fraction of sp³-hybridized carbons (Fsp3) is 0.333. The molecule has 0 radical (unpaired) electrons. The maximum absolute atomic E-state index is 13.3. The van der Waals surface area contributed by atoms with Crippen molar-refractivity contribution < 1.29 is 9.53 Å². The lowest BCUT2D eigenvalue weighted by Crippen LogP contribution is -2.29. The summed E-state index contributed by atoms with van der Waals surface area (Å²) in [5.74, 6) is 0.839. The number of hydrogen-bond acceptors (Lipinski definition) is 4. The Morgan fingerprint density at radius 2 is 1.81 bits per heavy atom. The van der Waals surface area contributed by atoms with E-state index in [2.05, 4.69) is 42.7 Å². The third kappa shape index (κ3) is 4.75. The molecule has 164 valence electrons. The third-order valence-corrected chi connectivity index (χ3v) is 5.76. The molecule has 0 aliphatic carbocycles. The van der Waals surface area contributed by atoms with Gasteiger partial charge in [-0.15, -0.1) is 12.4 Å². The van der Waals surface area contributed by atoms with Crippen LogP contribution in [-0.4, -0.2) is 35.9 Å². The quantitative estimate of drug-likeness (QED) is 0.606. The first kappa shape index (κ1) is 22.8. The summed E-state index contributed by atoms with van der Waals surface area (Å²) in [6, 6.07) is 13.6. The molecule has 31 heavy (non-hydrogen) atoms. The standard InChI is InChI=1S/C24H28N4O2.ClH/c1-16-6-4-7-17(2)22(16)28-23(18-10-12-25-13-11-18)21(15-26-28)24(29)27-19-8-5-9-20(14-19)30-3;/h4-9,14-15,18,25H,10-13H2,1-3H3,(H,27,29);1H. The lowest BCUT2D eigenvalue weighted by molar-refractivity contribution is 0.102. The number of para-hydroxylation sites is 1. The second kappa shape index (κ2) is 9.98. The Labute approximate surface area is 189 Å². The van der Waals surface area contributed by atoms with Gasteiger partial charge in [0, 0.05) is 17.7 Å². The number of aromatic nitrogens is 2. The van der Waals surface area contributed by atoms with Crippen LogP contribution in [0.4, 0.5) is 5.69 Å². The molecular weight excluding hydrogens is 412 g/mol. The van der Waals surface area contributed by atoms with Crippen molar-refractivity contribution in [2.24, 2.45) is 0 Å². The monoisotopic (exact) mass is 440 g/mol. The number of hydrogen-bond donors (Lipinski definition) is 2. The van der Waals surface area contributed by atoms with Crippen molar-refractivity contribution in [3.63, 3.8) is 0 Å². The molecule has 6 nitrogen and oxygen atoms in total. The molecule has 7 heteroatoms. The predicted molar refractivity (Wildman–Crippen MR) is 126 cm³/mol. The number of amides is 1. The second-order valence-electron chi connectivity index (χ2n) is 7.81. The molecule has 2 heterocycles. The normalized spacial score (nSPS) is 14.0. The van der Waals surface area contributed by atoms with Crippen molar-refractivity contribution in [2.75, 3.05) is 25.5 Å². The molecule has 0 saturated carbocycles. The molecule has 0 spiro atoms. The first-order valence-corrected chi connectivity index (χ1v) is 10.4. The largest absolute Gasteiger partial charge is 0.497 e. The number of nitrogens with zero attached hydrogens (tertiary/aromatic N) is 2. The van der Waals surface area contributed by atoms with E-state index in [1.54, 1.807) is 13.3 Å². The van der Waals surface area contributed by atoms with E-state index in [0.717, 1.165) is 48.4 Å². The molecule has 1 aromatic heterocycles. The molecule has 1 amide bonds. The summed E-state index contributed by atoms with van der Waals surface area (Å²) in [6.45, 7) is 6.07. The van der Waals surface area contributed by atoms with Crippen LogP contribution in [0.1, 0.15) is 45.9 Å². The highest BCUT2D eigenvalue weighted by Gasteiger charge is 2.28. The molecule has 0 unspecified atom stereocenters. The van der Waals surface area contributed by atoms with Crippen LogP contribution in [0.3, 0.4) is 0 Å². The van der Waals surface area contributed by atoms with E-state index in [-0.39, 0.29) is 24.2 Å². The molecule has 2 N–H and O–H groups in total. The van der Waals surface area contributed by atoms with Crippen LogP contribution in [-0.2, 0) is 0 Å². The molecule has 0 atom stereocenters. The Balaban J connectivity index is 0.00000272. The van der Waals surface area contributed by atoms with E-state index >= 15 is 0 Å². The number of methoxy groups -OCH3 is 1. The SMILES string of the molecule is COc1cccc(NC(=O)c2cnn(-c3c(C)cccc3C)c2C2CCNCC2)c1.Cl. The van der Waals surface area contributed by atoms with Crippen LogP contribution in [0, 0.1) is 13.8 Å². The molecule has 1 aliphatic rings. The van der Waals surface area contributed by atoms with Crippen molar-refractivity contribution in [1.82, 2.24) is 15.1 Å². The van der Waals surface area contributed by atoms with E-state index in [4.69, 9.17) is 9.84 Å². The van der Waals surface area contributed by atoms with E-state index in [9.17, 15) is 4.79 Å². The van der Waals surface area contributed by atoms with Gasteiger partial charge in [0.2, 0.25) is 0 Å². The van der Waals surface area contributed by atoms with Crippen molar-refractivity contribution in [1.29, 1.82) is 0 Å². The predicted octanol–water partition coefficient (Wildman–Crippen LogP) is 4.64. The Hall–Kier alpha value is -2.83. The number of piperidine rings is 1. The summed E-state index contributed by atoms with van der Waals surface area (Å²) >= 11 is 0. The summed E-state index contributed by atoms with van der Waals surface area (Å²) in [5.41, 5.74) is 5.68. The number of carbonyl (C=O) groups excluding carboxylic acids is 1. The van der Waals surface area contributed by atoms with Crippen LogP contribution >= 0.6 is 12.4 Å². The van der Waals surface area contributed by atoms with Crippen LogP contribution in [0.2, 0.25) is 0 Å². The number of aryl methyl sites for hydroxylation is 2. The number of carbonyl (C=O) groups is 1. The van der Waals surface area contributed by atoms with E-state index in [1.807, 2.05) is 28.9 Å². The van der Waals surface area contributed by atoms with Gasteiger partial charge in [0.05, 0.1) is 30.3 Å². The van der Waals surface area contributed by atoms with Gasteiger partial charge in [0.1, 0.15) is 5.75 Å². The first-order valence-electron chi connectivity index (χ1n) is 10.4. The highest BCUT2D eigenvalue weighted by Crippen LogP contribution is 2.32. The minimum Gasteiger partial charge on any atom is -0.497 e. The number of halogens is 1. The molecule has 0 bridgehead atoms. The van der Waals surface area contributed by atoms with Gasteiger partial charge < -0.3 is 15.4 Å². The molecular formula is C24H29ClN4O2. The van der Waals surface area contributed by atoms with E-state index in [0.29, 0.717) is 17.0 Å². The molecule has 1 fully saturated rings. The Morgan fingerprint density at radius 1 is 1.13 bits per heavy atom. The summed E-state index contributed by atoms with van der Waals surface area (Å²) in [4.78, 5) is 13.3. The van der Waals surface area contributed by atoms with Gasteiger partial charge in [-0.05, 0) is 63.0 Å². The Bertz CT molecular complexity index is 1040. The van der Waals surface area contributed by atoms with E-state index in [1.165, 1.54) is 0 Å². The van der Waals surface area contributed by atoms with Crippen molar-refractivity contribution in [3.05, 3.63) is 71.0 Å². The number of anilines is 1. The second-order valence-corrected chi connectivity index (χ2v) is 7.81. The number of nitrogens with one attached hydrogen (secondary N) is 2. The highest BCUT2D eigenvalue weighted by molar-refractivity contribution is 6.05.